The lowest BCUT2D eigenvalue weighted by Gasteiger charge is -2.27. The minimum absolute atomic E-state index is 0.0136. The van der Waals surface area contributed by atoms with E-state index in [1.54, 1.807) is 40.9 Å². The van der Waals surface area contributed by atoms with Crippen molar-refractivity contribution in [3.8, 4) is 0 Å². The first kappa shape index (κ1) is 31.2. The molecule has 0 spiro atoms. The molecule has 6 rings (SSSR count). The Morgan fingerprint density at radius 3 is 2.85 bits per heavy atom. The lowest BCUT2D eigenvalue weighted by atomic mass is 9.83. The van der Waals surface area contributed by atoms with Gasteiger partial charge in [0.25, 0.3) is 5.91 Å². The summed E-state index contributed by atoms with van der Waals surface area (Å²) in [6.07, 6.45) is 8.68. The number of aryl methyl sites for hydroxylation is 1. The van der Waals surface area contributed by atoms with E-state index in [0.29, 0.717) is 41.3 Å². The molecule has 10 nitrogen and oxygen atoms in total. The highest BCUT2D eigenvalue weighted by atomic mass is 35.5. The van der Waals surface area contributed by atoms with Gasteiger partial charge in [0.05, 0.1) is 24.3 Å². The molecule has 0 fully saturated rings. The lowest BCUT2D eigenvalue weighted by molar-refractivity contribution is -0.139. The van der Waals surface area contributed by atoms with Gasteiger partial charge in [-0.1, -0.05) is 66.2 Å². The van der Waals surface area contributed by atoms with Crippen molar-refractivity contribution < 1.29 is 19.8 Å². The Hall–Kier alpha value is -4.77. The molecule has 3 aromatic carbocycles. The number of aliphatic hydroxyl groups excluding tert-OH is 1. The number of rotatable bonds is 12. The zero-order valence-electron chi connectivity index (χ0n) is 25.4. The average Bonchev–Trinajstić information content (AvgIpc) is 3.73. The topological polar surface area (TPSA) is 136 Å². The Morgan fingerprint density at radius 1 is 1.15 bits per heavy atom. The second kappa shape index (κ2) is 13.3. The molecule has 5 aromatic rings. The average molecular weight is 639 g/mol. The smallest absolute Gasteiger partial charge is 0.264 e. The SMILES string of the molecule is C[C@H](/C=C/CCn1cc(CCO)nn1)[C@@]1(O)C(=O)N(Cc2cccc(NC(=O)Cc3c[nH]c4ccccc34)c2)c2ccc(Cl)cc21. The number of allylic oxidation sites excluding steroid dienone is 1. The van der Waals surface area contributed by atoms with Crippen LogP contribution in [0.4, 0.5) is 11.4 Å². The molecule has 1 aliphatic rings. The fourth-order valence-electron chi connectivity index (χ4n) is 5.99. The fraction of sp³-hybridized carbons (Fsp3) is 0.257. The number of carbonyl (C=O) groups is 2. The molecule has 0 aliphatic carbocycles. The Kier molecular flexibility index (Phi) is 9.03. The predicted octanol–water partition coefficient (Wildman–Crippen LogP) is 5.15. The zero-order chi connectivity index (χ0) is 32.3. The summed E-state index contributed by atoms with van der Waals surface area (Å²) in [5.74, 6) is -1.15. The molecule has 0 saturated heterocycles. The number of halogens is 1. The van der Waals surface area contributed by atoms with Gasteiger partial charge in [-0.05, 0) is 53.9 Å². The van der Waals surface area contributed by atoms with Gasteiger partial charge in [-0.3, -0.25) is 14.3 Å². The number of para-hydroxylation sites is 1. The molecule has 46 heavy (non-hydrogen) atoms. The molecule has 4 N–H and O–H groups in total. The molecule has 2 amide bonds. The summed E-state index contributed by atoms with van der Waals surface area (Å²) >= 11 is 6.35. The van der Waals surface area contributed by atoms with E-state index >= 15 is 0 Å². The number of hydrogen-bond acceptors (Lipinski definition) is 6. The van der Waals surface area contributed by atoms with E-state index in [-0.39, 0.29) is 25.5 Å². The van der Waals surface area contributed by atoms with Crippen LogP contribution in [-0.4, -0.2) is 48.6 Å². The number of aliphatic hydroxyl groups is 2. The summed E-state index contributed by atoms with van der Waals surface area (Å²) in [6, 6.07) is 20.3. The summed E-state index contributed by atoms with van der Waals surface area (Å²) in [7, 11) is 0. The van der Waals surface area contributed by atoms with Gasteiger partial charge in [-0.25, -0.2) is 0 Å². The second-order valence-corrected chi connectivity index (χ2v) is 12.0. The Bertz CT molecular complexity index is 1920. The molecule has 236 valence electrons. The number of fused-ring (bicyclic) bond motifs is 2. The quantitative estimate of drug-likeness (QED) is 0.140. The van der Waals surface area contributed by atoms with E-state index in [0.717, 1.165) is 27.7 Å². The van der Waals surface area contributed by atoms with Gasteiger partial charge >= 0.3 is 0 Å². The Labute approximate surface area is 271 Å². The maximum Gasteiger partial charge on any atom is 0.264 e. The van der Waals surface area contributed by atoms with E-state index in [1.807, 2.05) is 66.9 Å². The molecule has 2 aromatic heterocycles. The number of amides is 2. The fourth-order valence-corrected chi connectivity index (χ4v) is 6.16. The minimum Gasteiger partial charge on any atom is -0.396 e. The van der Waals surface area contributed by atoms with Gasteiger partial charge in [-0.2, -0.15) is 0 Å². The molecule has 1 aliphatic heterocycles. The summed E-state index contributed by atoms with van der Waals surface area (Å²) in [4.78, 5) is 31.7. The van der Waals surface area contributed by atoms with Crippen LogP contribution in [0, 0.1) is 5.92 Å². The Balaban J connectivity index is 1.15. The van der Waals surface area contributed by atoms with Crippen LogP contribution in [0.25, 0.3) is 10.9 Å². The Morgan fingerprint density at radius 2 is 2.00 bits per heavy atom. The van der Waals surface area contributed by atoms with Crippen molar-refractivity contribution in [3.63, 3.8) is 0 Å². The number of H-pyrrole nitrogens is 1. The third kappa shape index (κ3) is 6.32. The van der Waals surface area contributed by atoms with Crippen molar-refractivity contribution >= 4 is 45.7 Å². The van der Waals surface area contributed by atoms with E-state index in [1.165, 1.54) is 0 Å². The van der Waals surface area contributed by atoms with Gasteiger partial charge < -0.3 is 25.4 Å². The van der Waals surface area contributed by atoms with Crippen molar-refractivity contribution in [1.29, 1.82) is 0 Å². The first-order chi connectivity index (χ1) is 22.3. The monoisotopic (exact) mass is 638 g/mol. The predicted molar refractivity (Wildman–Crippen MR) is 177 cm³/mol. The van der Waals surface area contributed by atoms with Crippen LogP contribution in [0.2, 0.25) is 5.02 Å². The van der Waals surface area contributed by atoms with Gasteiger partial charge in [0.15, 0.2) is 5.60 Å². The van der Waals surface area contributed by atoms with E-state index in [9.17, 15) is 14.7 Å². The van der Waals surface area contributed by atoms with Gasteiger partial charge in [0, 0.05) is 65.1 Å². The number of nitrogens with one attached hydrogen (secondary N) is 2. The van der Waals surface area contributed by atoms with Crippen LogP contribution >= 0.6 is 11.6 Å². The van der Waals surface area contributed by atoms with Crippen molar-refractivity contribution in [1.82, 2.24) is 20.0 Å². The summed E-state index contributed by atoms with van der Waals surface area (Å²) < 4.78 is 1.70. The first-order valence-electron chi connectivity index (χ1n) is 15.2. The molecule has 2 atom stereocenters. The zero-order valence-corrected chi connectivity index (χ0v) is 26.1. The number of benzene rings is 3. The second-order valence-electron chi connectivity index (χ2n) is 11.6. The van der Waals surface area contributed by atoms with Crippen LogP contribution in [0.1, 0.15) is 35.7 Å². The van der Waals surface area contributed by atoms with Gasteiger partial charge in [0.2, 0.25) is 5.91 Å². The molecular weight excluding hydrogens is 604 g/mol. The lowest BCUT2D eigenvalue weighted by Crippen LogP contribution is -2.44. The molecular formula is C35H35ClN6O4. The molecule has 0 unspecified atom stereocenters. The normalized spacial score (nSPS) is 16.8. The number of carbonyl (C=O) groups excluding carboxylic acids is 2. The van der Waals surface area contributed by atoms with Crippen molar-refractivity contribution in [3.05, 3.63) is 119 Å². The highest BCUT2D eigenvalue weighted by Gasteiger charge is 2.52. The third-order valence-electron chi connectivity index (χ3n) is 8.37. The maximum atomic E-state index is 14.0. The maximum absolute atomic E-state index is 14.0. The van der Waals surface area contributed by atoms with E-state index < -0.39 is 17.4 Å². The molecule has 0 radical (unpaired) electrons. The first-order valence-corrected chi connectivity index (χ1v) is 15.6. The molecule has 3 heterocycles. The summed E-state index contributed by atoms with van der Waals surface area (Å²) in [5.41, 5.74) is 3.25. The standard InChI is InChI=1S/C35H35ClN6O4/c1-23(7-4-5-15-41-22-28(14-16-43)39-40-41)35(46)30-19-26(36)12-13-32(30)42(34(35)45)21-24-8-6-9-27(17-24)38-33(44)18-25-20-37-31-11-3-2-10-29(25)31/h2-4,6-13,17,19-20,22-23,37,43,46H,5,14-16,18,21H2,1H3,(H,38,44)/b7-4+/t23-,35+/m1/s1. The third-order valence-corrected chi connectivity index (χ3v) is 8.61. The number of hydrogen-bond donors (Lipinski definition) is 4. The number of nitrogens with zero attached hydrogens (tertiary/aromatic N) is 4. The van der Waals surface area contributed by atoms with Crippen LogP contribution in [0.3, 0.4) is 0 Å². The van der Waals surface area contributed by atoms with Crippen molar-refractivity contribution in [2.24, 2.45) is 5.92 Å². The van der Waals surface area contributed by atoms with Crippen LogP contribution in [0.5, 0.6) is 0 Å². The van der Waals surface area contributed by atoms with Crippen LogP contribution in [-0.2, 0) is 41.1 Å². The minimum atomic E-state index is -1.82. The van der Waals surface area contributed by atoms with Crippen molar-refractivity contribution in [2.75, 3.05) is 16.8 Å². The highest BCUT2D eigenvalue weighted by molar-refractivity contribution is 6.31. The van der Waals surface area contributed by atoms with E-state index in [2.05, 4.69) is 20.6 Å². The number of aromatic nitrogens is 4. The number of anilines is 2. The molecule has 11 heteroatoms. The van der Waals surface area contributed by atoms with Crippen LogP contribution in [0.15, 0.2) is 91.3 Å². The molecule has 0 bridgehead atoms. The van der Waals surface area contributed by atoms with Gasteiger partial charge in [0.1, 0.15) is 0 Å². The summed E-state index contributed by atoms with van der Waals surface area (Å²) in [5, 5.41) is 33.6. The van der Waals surface area contributed by atoms with Crippen molar-refractivity contribution in [2.45, 2.75) is 44.9 Å². The number of aromatic amines is 1. The summed E-state index contributed by atoms with van der Waals surface area (Å²) in [6.45, 7) is 2.58. The van der Waals surface area contributed by atoms with E-state index in [4.69, 9.17) is 16.7 Å². The van der Waals surface area contributed by atoms with Crippen LogP contribution < -0.4 is 10.2 Å². The molecule has 0 saturated carbocycles. The highest BCUT2D eigenvalue weighted by Crippen LogP contribution is 2.46. The largest absolute Gasteiger partial charge is 0.396 e. The van der Waals surface area contributed by atoms with Gasteiger partial charge in [-0.15, -0.1) is 5.10 Å².